The number of hydrogen-bond acceptors (Lipinski definition) is 8. The van der Waals surface area contributed by atoms with E-state index in [1.54, 1.807) is 26.8 Å². The van der Waals surface area contributed by atoms with Gasteiger partial charge >= 0.3 is 6.03 Å². The number of nitrogens with one attached hydrogen (secondary N) is 2. The fraction of sp³-hybridized carbons (Fsp3) is 0.412. The van der Waals surface area contributed by atoms with Crippen molar-refractivity contribution in [1.82, 2.24) is 20.8 Å². The summed E-state index contributed by atoms with van der Waals surface area (Å²) in [5.41, 5.74) is 0. The molecule has 3 rings (SSSR count). The Hall–Kier alpha value is -2.75. The standard InChI is InChI=1S/C17H20N4O5S/c1-9(2)18-16(23)19-14(22)10(3)27-17-21-20-15(26-17)13-8-24-11-6-4-5-7-12(11)25-13/h4-7,9-10,13H,8H2,1-3H3,(H2,18,19,22,23)/t10-,13+/m0/s1. The molecule has 3 amide bonds. The molecule has 1 aliphatic rings. The molecule has 1 aromatic heterocycles. The molecule has 2 aromatic rings. The van der Waals surface area contributed by atoms with Gasteiger partial charge in [-0.15, -0.1) is 10.2 Å². The summed E-state index contributed by atoms with van der Waals surface area (Å²) in [7, 11) is 0. The molecule has 0 spiro atoms. The van der Waals surface area contributed by atoms with E-state index in [9.17, 15) is 9.59 Å². The van der Waals surface area contributed by atoms with Crippen molar-refractivity contribution in [2.45, 2.75) is 43.4 Å². The van der Waals surface area contributed by atoms with E-state index in [1.165, 1.54) is 0 Å². The first kappa shape index (κ1) is 19.0. The molecular formula is C17H20N4O5S. The lowest BCUT2D eigenvalue weighted by Crippen LogP contribution is -2.45. The van der Waals surface area contributed by atoms with Gasteiger partial charge in [-0.3, -0.25) is 10.1 Å². The zero-order chi connectivity index (χ0) is 19.4. The Morgan fingerprint density at radius 2 is 1.93 bits per heavy atom. The topological polar surface area (TPSA) is 116 Å². The number of ether oxygens (including phenoxy) is 2. The van der Waals surface area contributed by atoms with E-state index < -0.39 is 23.3 Å². The van der Waals surface area contributed by atoms with Crippen LogP contribution in [-0.4, -0.2) is 40.0 Å². The zero-order valence-corrected chi connectivity index (χ0v) is 15.9. The number of urea groups is 1. The van der Waals surface area contributed by atoms with Gasteiger partial charge in [0.1, 0.15) is 6.61 Å². The Kier molecular flexibility index (Phi) is 5.84. The van der Waals surface area contributed by atoms with E-state index in [4.69, 9.17) is 13.9 Å². The maximum absolute atomic E-state index is 12.1. The first-order valence-corrected chi connectivity index (χ1v) is 9.30. The number of para-hydroxylation sites is 2. The van der Waals surface area contributed by atoms with Crippen molar-refractivity contribution in [3.63, 3.8) is 0 Å². The molecule has 0 saturated heterocycles. The number of carbonyl (C=O) groups is 2. The van der Waals surface area contributed by atoms with Crippen LogP contribution in [0.5, 0.6) is 11.5 Å². The highest BCUT2D eigenvalue weighted by Gasteiger charge is 2.28. The van der Waals surface area contributed by atoms with Gasteiger partial charge < -0.3 is 19.2 Å². The fourth-order valence-electron chi connectivity index (χ4n) is 2.26. The average Bonchev–Trinajstić information content (AvgIpc) is 3.09. The minimum atomic E-state index is -0.597. The minimum absolute atomic E-state index is 0.0675. The van der Waals surface area contributed by atoms with Crippen molar-refractivity contribution in [2.75, 3.05) is 6.61 Å². The number of hydrogen-bond donors (Lipinski definition) is 2. The largest absolute Gasteiger partial charge is 0.485 e. The molecule has 0 radical (unpaired) electrons. The summed E-state index contributed by atoms with van der Waals surface area (Å²) < 4.78 is 17.0. The Labute approximate surface area is 160 Å². The molecule has 2 atom stereocenters. The number of thioether (sulfide) groups is 1. The van der Waals surface area contributed by atoms with Gasteiger partial charge in [0, 0.05) is 6.04 Å². The number of amides is 3. The van der Waals surface area contributed by atoms with Crippen LogP contribution in [0.3, 0.4) is 0 Å². The van der Waals surface area contributed by atoms with E-state index in [-0.39, 0.29) is 23.8 Å². The van der Waals surface area contributed by atoms with Gasteiger partial charge in [-0.1, -0.05) is 23.9 Å². The number of carbonyl (C=O) groups excluding carboxylic acids is 2. The third-order valence-corrected chi connectivity index (χ3v) is 4.44. The summed E-state index contributed by atoms with van der Waals surface area (Å²) >= 11 is 1.05. The van der Waals surface area contributed by atoms with E-state index in [1.807, 2.05) is 18.2 Å². The number of nitrogens with zero attached hydrogens (tertiary/aromatic N) is 2. The SMILES string of the molecule is CC(C)NC(=O)NC(=O)[C@H](C)Sc1nnc([C@H]2COc3ccccc3O2)o1. The minimum Gasteiger partial charge on any atom is -0.485 e. The maximum Gasteiger partial charge on any atom is 0.321 e. The Morgan fingerprint density at radius 1 is 1.19 bits per heavy atom. The van der Waals surface area contributed by atoms with Crippen LogP contribution in [0.4, 0.5) is 4.79 Å². The van der Waals surface area contributed by atoms with Crippen molar-refractivity contribution in [2.24, 2.45) is 0 Å². The summed E-state index contributed by atoms with van der Waals surface area (Å²) in [5.74, 6) is 1.07. The summed E-state index contributed by atoms with van der Waals surface area (Å²) in [4.78, 5) is 23.7. The lowest BCUT2D eigenvalue weighted by atomic mass is 10.2. The van der Waals surface area contributed by atoms with Gasteiger partial charge in [0.05, 0.1) is 5.25 Å². The van der Waals surface area contributed by atoms with Crippen LogP contribution in [0.2, 0.25) is 0 Å². The smallest absolute Gasteiger partial charge is 0.321 e. The highest BCUT2D eigenvalue weighted by molar-refractivity contribution is 8.00. The van der Waals surface area contributed by atoms with Crippen LogP contribution in [0.1, 0.15) is 32.8 Å². The van der Waals surface area contributed by atoms with Crippen LogP contribution >= 0.6 is 11.8 Å². The van der Waals surface area contributed by atoms with Gasteiger partial charge in [0.25, 0.3) is 11.1 Å². The molecule has 27 heavy (non-hydrogen) atoms. The Balaban J connectivity index is 1.56. The van der Waals surface area contributed by atoms with Gasteiger partial charge in [-0.05, 0) is 32.9 Å². The van der Waals surface area contributed by atoms with Crippen molar-refractivity contribution < 1.29 is 23.5 Å². The number of benzene rings is 1. The highest BCUT2D eigenvalue weighted by atomic mass is 32.2. The van der Waals surface area contributed by atoms with Crippen molar-refractivity contribution in [1.29, 1.82) is 0 Å². The van der Waals surface area contributed by atoms with Crippen LogP contribution in [0, 0.1) is 0 Å². The van der Waals surface area contributed by atoms with E-state index >= 15 is 0 Å². The monoisotopic (exact) mass is 392 g/mol. The molecule has 10 heteroatoms. The average molecular weight is 392 g/mol. The second kappa shape index (κ2) is 8.30. The van der Waals surface area contributed by atoms with E-state index in [2.05, 4.69) is 20.8 Å². The number of fused-ring (bicyclic) bond motifs is 1. The molecule has 0 fully saturated rings. The molecule has 9 nitrogen and oxygen atoms in total. The molecule has 2 heterocycles. The number of rotatable bonds is 5. The lowest BCUT2D eigenvalue weighted by Gasteiger charge is -2.23. The van der Waals surface area contributed by atoms with Crippen LogP contribution in [0.15, 0.2) is 33.9 Å². The van der Waals surface area contributed by atoms with Crippen molar-refractivity contribution in [3.05, 3.63) is 30.2 Å². The summed E-state index contributed by atoms with van der Waals surface area (Å²) in [5, 5.41) is 12.4. The quantitative estimate of drug-likeness (QED) is 0.745. The Morgan fingerprint density at radius 3 is 2.67 bits per heavy atom. The van der Waals surface area contributed by atoms with Crippen molar-refractivity contribution in [3.8, 4) is 11.5 Å². The van der Waals surface area contributed by atoms with Gasteiger partial charge in [-0.25, -0.2) is 4.79 Å². The predicted octanol–water partition coefficient (Wildman–Crippen LogP) is 2.30. The van der Waals surface area contributed by atoms with Gasteiger partial charge in [0.15, 0.2) is 11.5 Å². The summed E-state index contributed by atoms with van der Waals surface area (Å²) in [6.07, 6.45) is -0.525. The lowest BCUT2D eigenvalue weighted by molar-refractivity contribution is -0.119. The molecule has 1 aliphatic heterocycles. The van der Waals surface area contributed by atoms with Crippen LogP contribution in [0.25, 0.3) is 0 Å². The first-order chi connectivity index (χ1) is 12.9. The third kappa shape index (κ3) is 4.91. The summed E-state index contributed by atoms with van der Waals surface area (Å²) in [6.45, 7) is 5.49. The van der Waals surface area contributed by atoms with Gasteiger partial charge in [-0.2, -0.15) is 0 Å². The van der Waals surface area contributed by atoms with E-state index in [0.717, 1.165) is 11.8 Å². The molecule has 0 unspecified atom stereocenters. The molecule has 144 valence electrons. The van der Waals surface area contributed by atoms with Crippen LogP contribution < -0.4 is 20.1 Å². The van der Waals surface area contributed by atoms with Crippen molar-refractivity contribution >= 4 is 23.7 Å². The first-order valence-electron chi connectivity index (χ1n) is 8.42. The third-order valence-electron chi connectivity index (χ3n) is 3.51. The maximum atomic E-state index is 12.1. The molecule has 0 saturated carbocycles. The number of aromatic nitrogens is 2. The highest BCUT2D eigenvalue weighted by Crippen LogP contribution is 2.36. The molecular weight excluding hydrogens is 372 g/mol. The van der Waals surface area contributed by atoms with Gasteiger partial charge in [0.2, 0.25) is 12.0 Å². The second-order valence-corrected chi connectivity index (χ2v) is 7.44. The normalized spacial score (nSPS) is 16.7. The van der Waals surface area contributed by atoms with Crippen LogP contribution in [-0.2, 0) is 4.79 Å². The van der Waals surface area contributed by atoms with E-state index in [0.29, 0.717) is 11.5 Å². The zero-order valence-electron chi connectivity index (χ0n) is 15.1. The molecule has 0 aliphatic carbocycles. The Bertz CT molecular complexity index is 825. The predicted molar refractivity (Wildman–Crippen MR) is 96.7 cm³/mol. The molecule has 1 aromatic carbocycles. The number of imide groups is 1. The molecule has 2 N–H and O–H groups in total. The summed E-state index contributed by atoms with van der Waals surface area (Å²) in [6, 6.07) is 6.70. The molecule has 0 bridgehead atoms. The second-order valence-electron chi connectivity index (χ2n) is 6.15. The fourth-order valence-corrected chi connectivity index (χ4v) is 2.95.